The zero-order chi connectivity index (χ0) is 22.1. The number of rotatable bonds is 3. The van der Waals surface area contributed by atoms with Crippen LogP contribution in [0.2, 0.25) is 0 Å². The molecule has 2 N–H and O–H groups in total. The molecule has 7 atom stereocenters. The van der Waals surface area contributed by atoms with Crippen LogP contribution in [0.1, 0.15) is 46.0 Å². The number of allylic oxidation sites excluding steroid dienone is 4. The van der Waals surface area contributed by atoms with E-state index in [1.54, 1.807) is 13.0 Å². The number of aliphatic hydroxyl groups excluding tert-OH is 1. The Kier molecular flexibility index (Phi) is 8.83. The van der Waals surface area contributed by atoms with E-state index in [-0.39, 0.29) is 95.5 Å². The molecule has 3 saturated carbocycles. The molecule has 4 aliphatic rings. The average molecular weight is 484 g/mol. The van der Waals surface area contributed by atoms with Gasteiger partial charge in [-0.2, -0.15) is 0 Å². The van der Waals surface area contributed by atoms with E-state index in [0.717, 1.165) is 5.57 Å². The van der Waals surface area contributed by atoms with E-state index in [1.165, 1.54) is 6.08 Å². The molecule has 32 heavy (non-hydrogen) atoms. The van der Waals surface area contributed by atoms with Crippen molar-refractivity contribution in [2.75, 3.05) is 6.61 Å². The van der Waals surface area contributed by atoms with E-state index < -0.39 is 42.7 Å². The molecule has 4 rings (SSSR count). The van der Waals surface area contributed by atoms with Gasteiger partial charge in [-0.3, -0.25) is 9.59 Å². The van der Waals surface area contributed by atoms with Gasteiger partial charge < -0.3 is 29.1 Å². The third-order valence-corrected chi connectivity index (χ3v) is 8.85. The summed E-state index contributed by atoms with van der Waals surface area (Å²) in [4.78, 5) is 46.7. The van der Waals surface area contributed by atoms with Crippen molar-refractivity contribution >= 4 is 19.4 Å². The van der Waals surface area contributed by atoms with Crippen molar-refractivity contribution in [3.63, 3.8) is 0 Å². The smallest absolute Gasteiger partial charge is 0.790 e. The molecule has 4 aliphatic carbocycles. The van der Waals surface area contributed by atoms with Gasteiger partial charge in [0.25, 0.3) is 0 Å². The van der Waals surface area contributed by atoms with Crippen molar-refractivity contribution < 1.29 is 97.8 Å². The molecule has 11 heteroatoms. The number of aliphatic hydroxyl groups is 2. The summed E-state index contributed by atoms with van der Waals surface area (Å²) in [5, 5.41) is 22.6. The van der Waals surface area contributed by atoms with Crippen LogP contribution >= 0.6 is 7.82 Å². The fraction of sp³-hybridized carbons (Fsp3) is 0.714. The van der Waals surface area contributed by atoms with Crippen LogP contribution in [-0.2, 0) is 18.7 Å². The summed E-state index contributed by atoms with van der Waals surface area (Å²) in [6.45, 7) is 2.77. The molecule has 0 aromatic heterocycles. The van der Waals surface area contributed by atoms with E-state index >= 15 is 0 Å². The van der Waals surface area contributed by atoms with E-state index in [0.29, 0.717) is 19.3 Å². The number of fused-ring (bicyclic) bond motifs is 5. The standard InChI is InChI=1S/C21H29O8P.2Na/c1-19-8-7-13(22)9-12(19)3-4-14-15-5-6-17(24)21(25,11-29-30(26,27)28)20(15,2)10-16(23)18(14)19;;/h7-9,14-16,18,23,25H,3-6,10-11H2,1-2H3,(H2,26,27,28);;/q;2*+1/p-2/t14-,15-,16-,18+,19-,20-,21?;;/m0../s1. The fourth-order valence-electron chi connectivity index (χ4n) is 6.91. The van der Waals surface area contributed by atoms with Gasteiger partial charge in [-0.1, -0.05) is 25.5 Å². The van der Waals surface area contributed by atoms with Crippen LogP contribution in [0.3, 0.4) is 0 Å². The molecule has 8 nitrogen and oxygen atoms in total. The SMILES string of the molecule is C[C@]12C=CC(=O)C=C1CC[C@@H]1[C@@H]2[C@@H](O)C[C@@]2(C)[C@H]1CCC(=O)C2(O)COP(=O)([O-])[O-].[Na+].[Na+]. The summed E-state index contributed by atoms with van der Waals surface area (Å²) in [6.07, 6.45) is 6.14. The maximum Gasteiger partial charge on any atom is 1.00 e. The van der Waals surface area contributed by atoms with Gasteiger partial charge in [0.1, 0.15) is 0 Å². The Morgan fingerprint density at radius 3 is 2.47 bits per heavy atom. The molecular formula is C21H27Na2O8P. The largest absolute Gasteiger partial charge is 1.00 e. The van der Waals surface area contributed by atoms with Gasteiger partial charge in [-0.15, -0.1) is 0 Å². The molecule has 166 valence electrons. The monoisotopic (exact) mass is 484 g/mol. The minimum absolute atomic E-state index is 0. The summed E-state index contributed by atoms with van der Waals surface area (Å²) in [5.41, 5.74) is -2.80. The summed E-state index contributed by atoms with van der Waals surface area (Å²) >= 11 is 0. The fourth-order valence-corrected chi connectivity index (χ4v) is 7.26. The van der Waals surface area contributed by atoms with Gasteiger partial charge in [-0.05, 0) is 49.7 Å². The molecular weight excluding hydrogens is 457 g/mol. The Morgan fingerprint density at radius 1 is 1.19 bits per heavy atom. The molecule has 0 aliphatic heterocycles. The number of Topliss-reactive ketones (excluding diaryl/α,β-unsaturated/α-hetero) is 1. The van der Waals surface area contributed by atoms with Crippen LogP contribution in [0.15, 0.2) is 23.8 Å². The van der Waals surface area contributed by atoms with E-state index in [2.05, 4.69) is 4.52 Å². The third-order valence-electron chi connectivity index (χ3n) is 8.41. The molecule has 0 aromatic carbocycles. The Balaban J connectivity index is 0.00000181. The number of ketones is 2. The first-order valence-electron chi connectivity index (χ1n) is 10.4. The molecule has 0 heterocycles. The Hall–Kier alpha value is 0.850. The number of carbonyl (C=O) groups is 2. The number of hydrogen-bond acceptors (Lipinski definition) is 8. The van der Waals surface area contributed by atoms with Crippen molar-refractivity contribution in [3.05, 3.63) is 23.8 Å². The predicted octanol–water partition coefficient (Wildman–Crippen LogP) is -5.58. The van der Waals surface area contributed by atoms with Crippen molar-refractivity contribution in [2.24, 2.45) is 28.6 Å². The zero-order valence-corrected chi connectivity index (χ0v) is 24.0. The second-order valence-electron chi connectivity index (χ2n) is 9.75. The molecule has 0 aromatic rings. The number of phosphoric acid groups is 1. The van der Waals surface area contributed by atoms with Crippen LogP contribution in [0.5, 0.6) is 0 Å². The molecule has 0 amide bonds. The normalized spacial score (nSPS) is 43.1. The Bertz CT molecular complexity index is 900. The number of carbonyl (C=O) groups excluding carboxylic acids is 2. The quantitative estimate of drug-likeness (QED) is 0.298. The van der Waals surface area contributed by atoms with Gasteiger partial charge in [0.05, 0.1) is 20.5 Å². The van der Waals surface area contributed by atoms with Gasteiger partial charge in [0.2, 0.25) is 0 Å². The topological polar surface area (TPSA) is 147 Å². The summed E-state index contributed by atoms with van der Waals surface area (Å²) in [6, 6.07) is 0. The van der Waals surface area contributed by atoms with Gasteiger partial charge >= 0.3 is 59.1 Å². The third kappa shape index (κ3) is 4.54. The summed E-state index contributed by atoms with van der Waals surface area (Å²) in [5.74, 6) is -1.02. The second kappa shape index (κ2) is 9.72. The summed E-state index contributed by atoms with van der Waals surface area (Å²) in [7, 11) is -5.38. The van der Waals surface area contributed by atoms with Gasteiger partial charge in [0.15, 0.2) is 17.2 Å². The van der Waals surface area contributed by atoms with Crippen molar-refractivity contribution in [3.8, 4) is 0 Å². The predicted molar refractivity (Wildman–Crippen MR) is 102 cm³/mol. The van der Waals surface area contributed by atoms with Crippen LogP contribution < -0.4 is 68.9 Å². The molecule has 3 fully saturated rings. The number of phosphoric ester groups is 1. The van der Waals surface area contributed by atoms with Gasteiger partial charge in [0, 0.05) is 23.2 Å². The van der Waals surface area contributed by atoms with Crippen LogP contribution in [0, 0.1) is 28.6 Å². The van der Waals surface area contributed by atoms with Gasteiger partial charge in [-0.25, -0.2) is 0 Å². The van der Waals surface area contributed by atoms with Crippen molar-refractivity contribution in [1.29, 1.82) is 0 Å². The van der Waals surface area contributed by atoms with Crippen LogP contribution in [0.25, 0.3) is 0 Å². The van der Waals surface area contributed by atoms with Crippen LogP contribution in [0.4, 0.5) is 0 Å². The molecule has 0 bridgehead atoms. The molecule has 0 saturated heterocycles. The second-order valence-corrected chi connectivity index (χ2v) is 10.9. The average Bonchev–Trinajstić information content (AvgIpc) is 2.64. The van der Waals surface area contributed by atoms with E-state index in [9.17, 15) is 34.2 Å². The van der Waals surface area contributed by atoms with Crippen LogP contribution in [-0.4, -0.2) is 40.1 Å². The maximum atomic E-state index is 12.7. The Morgan fingerprint density at radius 2 is 1.84 bits per heavy atom. The number of hydrogen-bond donors (Lipinski definition) is 2. The maximum absolute atomic E-state index is 12.7. The minimum atomic E-state index is -5.38. The zero-order valence-electron chi connectivity index (χ0n) is 19.1. The first-order chi connectivity index (χ1) is 13.8. The van der Waals surface area contributed by atoms with Crippen molar-refractivity contribution in [2.45, 2.75) is 57.7 Å². The minimum Gasteiger partial charge on any atom is -0.790 e. The summed E-state index contributed by atoms with van der Waals surface area (Å²) < 4.78 is 15.4. The molecule has 0 radical (unpaired) electrons. The van der Waals surface area contributed by atoms with E-state index in [4.69, 9.17) is 0 Å². The van der Waals surface area contributed by atoms with E-state index in [1.807, 2.05) is 13.0 Å². The molecule has 0 spiro atoms. The molecule has 1 unspecified atom stereocenters. The van der Waals surface area contributed by atoms with Crippen molar-refractivity contribution in [1.82, 2.24) is 0 Å². The first-order valence-corrected chi connectivity index (χ1v) is 11.8. The Labute approximate surface area is 232 Å². The first kappa shape index (κ1) is 29.1.